The molecule has 1 aliphatic heterocycles. The van der Waals surface area contributed by atoms with E-state index in [1.165, 1.54) is 24.2 Å². The first-order valence-corrected chi connectivity index (χ1v) is 14.0. The summed E-state index contributed by atoms with van der Waals surface area (Å²) in [6, 6.07) is 8.93. The Labute approximate surface area is 244 Å². The largest absolute Gasteiger partial charge is 0.493 e. The third-order valence-corrected chi connectivity index (χ3v) is 7.79. The Morgan fingerprint density at radius 1 is 1.22 bits per heavy atom. The van der Waals surface area contributed by atoms with Crippen molar-refractivity contribution in [2.45, 2.75) is 26.8 Å². The quantitative estimate of drug-likeness (QED) is 0.163. The third-order valence-electron chi connectivity index (χ3n) is 6.42. The van der Waals surface area contributed by atoms with E-state index < -0.39 is 23.3 Å². The maximum absolute atomic E-state index is 14.0. The minimum Gasteiger partial charge on any atom is -0.493 e. The summed E-state index contributed by atoms with van der Waals surface area (Å²) in [4.78, 5) is 46.7. The maximum Gasteiger partial charge on any atom is 0.350 e. The minimum absolute atomic E-state index is 0.0286. The summed E-state index contributed by atoms with van der Waals surface area (Å²) in [5, 5.41) is 0.799. The Balaban J connectivity index is 1.70. The highest BCUT2D eigenvalue weighted by Crippen LogP contribution is 2.45. The van der Waals surface area contributed by atoms with Crippen molar-refractivity contribution in [2.24, 2.45) is 5.92 Å². The smallest absolute Gasteiger partial charge is 0.350 e. The van der Waals surface area contributed by atoms with E-state index in [2.05, 4.69) is 11.6 Å². The van der Waals surface area contributed by atoms with Crippen molar-refractivity contribution in [1.29, 1.82) is 0 Å². The van der Waals surface area contributed by atoms with E-state index in [1.807, 2.05) is 13.8 Å². The van der Waals surface area contributed by atoms with E-state index in [4.69, 9.17) is 30.2 Å². The van der Waals surface area contributed by atoms with Gasteiger partial charge in [-0.15, -0.1) is 0 Å². The summed E-state index contributed by atoms with van der Waals surface area (Å²) < 4.78 is 22.7. The van der Waals surface area contributed by atoms with Gasteiger partial charge in [-0.25, -0.2) is 9.78 Å². The number of esters is 1. The van der Waals surface area contributed by atoms with Crippen LogP contribution in [-0.2, 0) is 4.74 Å². The van der Waals surface area contributed by atoms with Crippen LogP contribution in [0.5, 0.6) is 11.5 Å². The number of methoxy groups -OCH3 is 1. The van der Waals surface area contributed by atoms with Gasteiger partial charge >= 0.3 is 5.97 Å². The van der Waals surface area contributed by atoms with Gasteiger partial charge in [0.1, 0.15) is 17.1 Å². The van der Waals surface area contributed by atoms with Crippen LogP contribution in [0.4, 0.5) is 5.13 Å². The van der Waals surface area contributed by atoms with Crippen LogP contribution in [0.1, 0.15) is 56.9 Å². The molecule has 4 aromatic rings. The number of aryl methyl sites for hydroxylation is 1. The molecule has 212 valence electrons. The molecule has 1 aliphatic rings. The second-order valence-electron chi connectivity index (χ2n) is 9.81. The lowest BCUT2D eigenvalue weighted by molar-refractivity contribution is 0.0554. The molecule has 1 unspecified atom stereocenters. The highest BCUT2D eigenvalue weighted by molar-refractivity contribution is 7.17. The van der Waals surface area contributed by atoms with E-state index in [1.54, 1.807) is 37.3 Å². The van der Waals surface area contributed by atoms with E-state index in [0.29, 0.717) is 40.3 Å². The fourth-order valence-electron chi connectivity index (χ4n) is 4.56. The van der Waals surface area contributed by atoms with Crippen LogP contribution in [-0.4, -0.2) is 37.2 Å². The average molecular weight is 595 g/mol. The summed E-state index contributed by atoms with van der Waals surface area (Å²) in [5.74, 6) is -0.0264. The molecule has 1 amide bonds. The molecule has 0 fully saturated rings. The van der Waals surface area contributed by atoms with Crippen molar-refractivity contribution in [3.8, 4) is 11.5 Å². The average Bonchev–Trinajstić information content (AvgIpc) is 3.47. The zero-order valence-electron chi connectivity index (χ0n) is 22.9. The number of hydrogen-bond acceptors (Lipinski definition) is 9. The number of carbonyl (C=O) groups excluding carboxylic acids is 2. The van der Waals surface area contributed by atoms with Crippen molar-refractivity contribution >= 4 is 50.9 Å². The lowest BCUT2D eigenvalue weighted by atomic mass is 9.98. The molecular formula is C30H27ClN2O7S. The molecule has 0 radical (unpaired) electrons. The zero-order chi connectivity index (χ0) is 29.4. The fraction of sp³-hybridized carbons (Fsp3) is 0.267. The molecule has 0 spiro atoms. The molecule has 41 heavy (non-hydrogen) atoms. The number of hydrogen-bond donors (Lipinski definition) is 0. The van der Waals surface area contributed by atoms with Crippen molar-refractivity contribution in [1.82, 2.24) is 4.98 Å². The van der Waals surface area contributed by atoms with Crippen molar-refractivity contribution in [2.75, 3.05) is 25.2 Å². The first-order valence-electron chi connectivity index (χ1n) is 12.8. The molecular weight excluding hydrogens is 568 g/mol. The minimum atomic E-state index is -0.937. The van der Waals surface area contributed by atoms with Crippen molar-refractivity contribution < 1.29 is 28.2 Å². The summed E-state index contributed by atoms with van der Waals surface area (Å²) >= 11 is 7.19. The predicted octanol–water partition coefficient (Wildman–Crippen LogP) is 6.35. The summed E-state index contributed by atoms with van der Waals surface area (Å²) in [5.41, 5.74) is 0.899. The first kappa shape index (κ1) is 28.4. The van der Waals surface area contributed by atoms with Crippen LogP contribution in [0, 0.1) is 12.8 Å². The van der Waals surface area contributed by atoms with E-state index in [0.717, 1.165) is 11.3 Å². The summed E-state index contributed by atoms with van der Waals surface area (Å²) in [6.07, 6.45) is 1.46. The standard InChI is InChI=1S/C30H27ClN2O7S/c1-6-11-38-29(36)27-16(4)32-30(41-27)33-24(17-7-9-21(22(12-17)37-5)39-14-15(2)3)23-25(34)19-13-18(31)8-10-20(19)40-26(23)28(33)35/h6-10,12-13,15,24H,1,11,14H2,2-5H3. The van der Waals surface area contributed by atoms with Crippen LogP contribution >= 0.6 is 22.9 Å². The Morgan fingerprint density at radius 2 is 2.00 bits per heavy atom. The van der Waals surface area contributed by atoms with E-state index in [-0.39, 0.29) is 38.9 Å². The normalized spacial score (nSPS) is 14.4. The molecule has 0 saturated carbocycles. The monoisotopic (exact) mass is 594 g/mol. The Morgan fingerprint density at radius 3 is 2.71 bits per heavy atom. The predicted molar refractivity (Wildman–Crippen MR) is 157 cm³/mol. The lowest BCUT2D eigenvalue weighted by Crippen LogP contribution is -2.29. The van der Waals surface area contributed by atoms with Crippen LogP contribution < -0.4 is 19.8 Å². The molecule has 0 bridgehead atoms. The van der Waals surface area contributed by atoms with E-state index >= 15 is 0 Å². The number of amides is 1. The molecule has 9 nitrogen and oxygen atoms in total. The molecule has 11 heteroatoms. The van der Waals surface area contributed by atoms with Gasteiger partial charge < -0.3 is 18.6 Å². The van der Waals surface area contributed by atoms with Crippen LogP contribution in [0.25, 0.3) is 11.0 Å². The first-order chi connectivity index (χ1) is 19.6. The van der Waals surface area contributed by atoms with E-state index in [9.17, 15) is 14.4 Å². The highest BCUT2D eigenvalue weighted by atomic mass is 35.5. The summed E-state index contributed by atoms with van der Waals surface area (Å²) in [6.45, 7) is 9.79. The van der Waals surface area contributed by atoms with Gasteiger partial charge in [-0.2, -0.15) is 0 Å². The SMILES string of the molecule is C=CCOC(=O)c1sc(N2C(=O)c3oc4ccc(Cl)cc4c(=O)c3C2c2ccc(OCC(C)C)c(OC)c2)nc1C. The topological polar surface area (TPSA) is 108 Å². The molecule has 3 heterocycles. The second kappa shape index (κ2) is 11.4. The molecule has 5 rings (SSSR count). The second-order valence-corrected chi connectivity index (χ2v) is 11.2. The molecule has 1 atom stereocenters. The lowest BCUT2D eigenvalue weighted by Gasteiger charge is -2.23. The van der Waals surface area contributed by atoms with Crippen molar-refractivity contribution in [3.05, 3.63) is 91.8 Å². The highest BCUT2D eigenvalue weighted by Gasteiger charge is 2.45. The Kier molecular flexibility index (Phi) is 7.88. The van der Waals surface area contributed by atoms with Gasteiger partial charge in [0.2, 0.25) is 5.76 Å². The fourth-order valence-corrected chi connectivity index (χ4v) is 5.72. The van der Waals surface area contributed by atoms with Gasteiger partial charge in [0.15, 0.2) is 22.1 Å². The molecule has 0 N–H and O–H groups in total. The van der Waals surface area contributed by atoms with Gasteiger partial charge in [0.25, 0.3) is 5.91 Å². The van der Waals surface area contributed by atoms with Gasteiger partial charge in [0.05, 0.1) is 36.4 Å². The Hall–Kier alpha value is -4.15. The van der Waals surface area contributed by atoms with Crippen molar-refractivity contribution in [3.63, 3.8) is 0 Å². The van der Waals surface area contributed by atoms with Gasteiger partial charge in [-0.1, -0.05) is 55.5 Å². The number of carbonyl (C=O) groups is 2. The number of anilines is 1. The number of thiazole rings is 1. The number of nitrogens with zero attached hydrogens (tertiary/aromatic N) is 2. The number of ether oxygens (including phenoxy) is 3. The molecule has 2 aromatic carbocycles. The summed E-state index contributed by atoms with van der Waals surface area (Å²) in [7, 11) is 1.52. The zero-order valence-corrected chi connectivity index (χ0v) is 24.4. The Bertz CT molecular complexity index is 1740. The number of fused-ring (bicyclic) bond motifs is 2. The molecule has 0 saturated heterocycles. The van der Waals surface area contributed by atoms with Gasteiger partial charge in [-0.05, 0) is 48.7 Å². The van der Waals surface area contributed by atoms with Crippen LogP contribution in [0.2, 0.25) is 5.02 Å². The van der Waals surface area contributed by atoms with Crippen LogP contribution in [0.3, 0.4) is 0 Å². The maximum atomic E-state index is 14.0. The van der Waals surface area contributed by atoms with Gasteiger partial charge in [0, 0.05) is 5.02 Å². The number of benzene rings is 2. The third kappa shape index (κ3) is 5.20. The van der Waals surface area contributed by atoms with Gasteiger partial charge in [-0.3, -0.25) is 14.5 Å². The number of aromatic nitrogens is 1. The molecule has 2 aromatic heterocycles. The van der Waals surface area contributed by atoms with Crippen LogP contribution in [0.15, 0.2) is 58.3 Å². The number of halogens is 1. The molecule has 0 aliphatic carbocycles. The number of rotatable bonds is 9.